The second kappa shape index (κ2) is 5.96. The van der Waals surface area contributed by atoms with Gasteiger partial charge in [-0.05, 0) is 27.6 Å². The molecule has 0 aliphatic carbocycles. The van der Waals surface area contributed by atoms with Crippen LogP contribution in [-0.2, 0) is 0 Å². The second-order valence-electron chi connectivity index (χ2n) is 4.27. The Balaban J connectivity index is 0.00000225. The lowest BCUT2D eigenvalue weighted by molar-refractivity contribution is 0.132. The molecule has 1 aromatic rings. The predicted octanol–water partition coefficient (Wildman–Crippen LogP) is 3.03. The molecular formula is C11H16BrClFNO. The average Bonchev–Trinajstić information content (AvgIpc) is 2.21. The van der Waals surface area contributed by atoms with E-state index in [1.807, 2.05) is 13.8 Å². The Bertz CT molecular complexity index is 360. The number of hydrogen-bond donors (Lipinski definition) is 2. The van der Waals surface area contributed by atoms with E-state index in [4.69, 9.17) is 5.73 Å². The molecule has 5 heteroatoms. The Morgan fingerprint density at radius 1 is 1.50 bits per heavy atom. The molecule has 0 unspecified atom stereocenters. The largest absolute Gasteiger partial charge is 0.396 e. The van der Waals surface area contributed by atoms with Crippen molar-refractivity contribution >= 4 is 28.3 Å². The van der Waals surface area contributed by atoms with Crippen molar-refractivity contribution in [3.05, 3.63) is 34.1 Å². The number of benzene rings is 1. The van der Waals surface area contributed by atoms with Gasteiger partial charge in [-0.2, -0.15) is 0 Å². The van der Waals surface area contributed by atoms with Crippen LogP contribution in [0.25, 0.3) is 0 Å². The Labute approximate surface area is 110 Å². The molecule has 0 aliphatic rings. The Morgan fingerprint density at radius 3 is 2.56 bits per heavy atom. The fraction of sp³-hybridized carbons (Fsp3) is 0.455. The van der Waals surface area contributed by atoms with E-state index in [1.165, 1.54) is 6.07 Å². The zero-order valence-corrected chi connectivity index (χ0v) is 11.6. The van der Waals surface area contributed by atoms with E-state index in [0.29, 0.717) is 10.0 Å². The first-order valence-corrected chi connectivity index (χ1v) is 5.50. The van der Waals surface area contributed by atoms with Crippen molar-refractivity contribution in [3.63, 3.8) is 0 Å². The SMILES string of the molecule is CC(C)(CO)[C@H](N)c1cccc(F)c1Br.Cl. The van der Waals surface area contributed by atoms with Crippen molar-refractivity contribution in [2.45, 2.75) is 19.9 Å². The molecule has 0 saturated carbocycles. The van der Waals surface area contributed by atoms with Crippen LogP contribution in [0.4, 0.5) is 4.39 Å². The average molecular weight is 313 g/mol. The Kier molecular flexibility index (Phi) is 5.90. The summed E-state index contributed by atoms with van der Waals surface area (Å²) in [5, 5.41) is 9.20. The van der Waals surface area contributed by atoms with Gasteiger partial charge in [-0.3, -0.25) is 0 Å². The second-order valence-corrected chi connectivity index (χ2v) is 5.06. The minimum absolute atomic E-state index is 0. The molecule has 0 spiro atoms. The third-order valence-electron chi connectivity index (χ3n) is 2.57. The molecule has 3 N–H and O–H groups in total. The van der Waals surface area contributed by atoms with E-state index in [-0.39, 0.29) is 24.8 Å². The van der Waals surface area contributed by atoms with Crippen molar-refractivity contribution in [2.75, 3.05) is 6.61 Å². The third-order valence-corrected chi connectivity index (χ3v) is 3.40. The highest BCUT2D eigenvalue weighted by atomic mass is 79.9. The molecule has 0 fully saturated rings. The van der Waals surface area contributed by atoms with Gasteiger partial charge in [-0.25, -0.2) is 4.39 Å². The summed E-state index contributed by atoms with van der Waals surface area (Å²) in [6, 6.07) is 4.33. The number of aliphatic hydroxyl groups excluding tert-OH is 1. The third kappa shape index (κ3) is 3.17. The molecule has 0 saturated heterocycles. The highest BCUT2D eigenvalue weighted by molar-refractivity contribution is 9.10. The fourth-order valence-electron chi connectivity index (χ4n) is 1.28. The zero-order valence-electron chi connectivity index (χ0n) is 9.21. The van der Waals surface area contributed by atoms with Gasteiger partial charge in [0.25, 0.3) is 0 Å². The van der Waals surface area contributed by atoms with Gasteiger partial charge in [0.05, 0.1) is 4.47 Å². The fourth-order valence-corrected chi connectivity index (χ4v) is 1.79. The summed E-state index contributed by atoms with van der Waals surface area (Å²) >= 11 is 3.17. The normalized spacial score (nSPS) is 13.1. The number of aliphatic hydroxyl groups is 1. The summed E-state index contributed by atoms with van der Waals surface area (Å²) in [5.74, 6) is -0.336. The molecule has 92 valence electrons. The highest BCUT2D eigenvalue weighted by Crippen LogP contribution is 2.35. The maximum Gasteiger partial charge on any atom is 0.137 e. The maximum atomic E-state index is 13.3. The van der Waals surface area contributed by atoms with Crippen LogP contribution in [0, 0.1) is 11.2 Å². The summed E-state index contributed by atoms with van der Waals surface area (Å²) in [6.07, 6.45) is 0. The lowest BCUT2D eigenvalue weighted by Crippen LogP contribution is -2.32. The molecule has 0 amide bonds. The van der Waals surface area contributed by atoms with Crippen LogP contribution in [0.2, 0.25) is 0 Å². The predicted molar refractivity (Wildman–Crippen MR) is 69.1 cm³/mol. The van der Waals surface area contributed by atoms with Gasteiger partial charge in [0, 0.05) is 18.1 Å². The maximum absolute atomic E-state index is 13.3. The lowest BCUT2D eigenvalue weighted by atomic mass is 9.82. The zero-order chi connectivity index (χ0) is 11.6. The number of hydrogen-bond acceptors (Lipinski definition) is 2. The lowest BCUT2D eigenvalue weighted by Gasteiger charge is -2.30. The minimum Gasteiger partial charge on any atom is -0.396 e. The van der Waals surface area contributed by atoms with E-state index in [0.717, 1.165) is 0 Å². The highest BCUT2D eigenvalue weighted by Gasteiger charge is 2.28. The number of nitrogens with two attached hydrogens (primary N) is 1. The monoisotopic (exact) mass is 311 g/mol. The smallest absolute Gasteiger partial charge is 0.137 e. The van der Waals surface area contributed by atoms with Crippen LogP contribution in [0.3, 0.4) is 0 Å². The van der Waals surface area contributed by atoms with Crippen molar-refractivity contribution in [1.82, 2.24) is 0 Å². The number of rotatable bonds is 3. The van der Waals surface area contributed by atoms with Crippen LogP contribution in [0.15, 0.2) is 22.7 Å². The first kappa shape index (κ1) is 15.8. The van der Waals surface area contributed by atoms with Gasteiger partial charge in [0.1, 0.15) is 5.82 Å². The molecule has 1 aromatic carbocycles. The first-order valence-electron chi connectivity index (χ1n) is 4.70. The standard InChI is InChI=1S/C11H15BrFNO.ClH/c1-11(2,6-15)10(14)7-4-3-5-8(13)9(7)12;/h3-5,10,15H,6,14H2,1-2H3;1H/t10-;/m1./s1. The molecule has 0 aromatic heterocycles. The molecule has 0 bridgehead atoms. The Morgan fingerprint density at radius 2 is 2.06 bits per heavy atom. The van der Waals surface area contributed by atoms with Crippen LogP contribution in [-0.4, -0.2) is 11.7 Å². The summed E-state index contributed by atoms with van der Waals surface area (Å²) in [4.78, 5) is 0. The van der Waals surface area contributed by atoms with Crippen LogP contribution in [0.1, 0.15) is 25.5 Å². The summed E-state index contributed by atoms with van der Waals surface area (Å²) < 4.78 is 13.6. The van der Waals surface area contributed by atoms with E-state index in [1.54, 1.807) is 12.1 Å². The molecular weight excluding hydrogens is 296 g/mol. The molecule has 0 radical (unpaired) electrons. The van der Waals surface area contributed by atoms with E-state index in [2.05, 4.69) is 15.9 Å². The van der Waals surface area contributed by atoms with Crippen LogP contribution < -0.4 is 5.73 Å². The Hall–Kier alpha value is -0.160. The summed E-state index contributed by atoms with van der Waals surface area (Å²) in [6.45, 7) is 3.64. The van der Waals surface area contributed by atoms with Gasteiger partial charge in [-0.15, -0.1) is 12.4 Å². The molecule has 1 rings (SSSR count). The first-order chi connectivity index (χ1) is 6.90. The molecule has 16 heavy (non-hydrogen) atoms. The molecule has 2 nitrogen and oxygen atoms in total. The van der Waals surface area contributed by atoms with Gasteiger partial charge in [0.2, 0.25) is 0 Å². The van der Waals surface area contributed by atoms with Crippen molar-refractivity contribution < 1.29 is 9.50 Å². The summed E-state index contributed by atoms with van der Waals surface area (Å²) in [5.41, 5.74) is 6.20. The minimum atomic E-state index is -0.476. The van der Waals surface area contributed by atoms with E-state index < -0.39 is 11.5 Å². The van der Waals surface area contributed by atoms with Crippen LogP contribution >= 0.6 is 28.3 Å². The van der Waals surface area contributed by atoms with Crippen molar-refractivity contribution in [1.29, 1.82) is 0 Å². The van der Waals surface area contributed by atoms with Gasteiger partial charge in [0.15, 0.2) is 0 Å². The van der Waals surface area contributed by atoms with Crippen LogP contribution in [0.5, 0.6) is 0 Å². The van der Waals surface area contributed by atoms with Gasteiger partial charge >= 0.3 is 0 Å². The van der Waals surface area contributed by atoms with Gasteiger partial charge < -0.3 is 10.8 Å². The quantitative estimate of drug-likeness (QED) is 0.901. The van der Waals surface area contributed by atoms with E-state index in [9.17, 15) is 9.50 Å². The molecule has 0 heterocycles. The number of halogens is 3. The topological polar surface area (TPSA) is 46.2 Å². The van der Waals surface area contributed by atoms with Crippen molar-refractivity contribution in [3.8, 4) is 0 Å². The van der Waals surface area contributed by atoms with Crippen molar-refractivity contribution in [2.24, 2.45) is 11.1 Å². The summed E-state index contributed by atoms with van der Waals surface area (Å²) in [7, 11) is 0. The molecule has 1 atom stereocenters. The molecule has 0 aliphatic heterocycles. The van der Waals surface area contributed by atoms with Gasteiger partial charge in [-0.1, -0.05) is 26.0 Å². The van der Waals surface area contributed by atoms with E-state index >= 15 is 0 Å².